The molecule has 20 heteroatoms. The number of carboxylic acid groups (broad SMARTS) is 1. The number of para-hydroxylation sites is 1. The van der Waals surface area contributed by atoms with Crippen molar-refractivity contribution in [2.24, 2.45) is 5.73 Å². The normalized spacial score (nSPS) is 18.2. The molecule has 2 aromatic heterocycles. The molecule has 5 amide bonds. The van der Waals surface area contributed by atoms with E-state index in [0.29, 0.717) is 16.7 Å². The zero-order chi connectivity index (χ0) is 46.1. The number of H-pyrrole nitrogens is 2. The number of nitrogens with two attached hydrogens (primary N) is 1. The minimum atomic E-state index is -1.51. The summed E-state index contributed by atoms with van der Waals surface area (Å²) in [6.45, 7) is 1.27. The second-order valence-electron chi connectivity index (χ2n) is 15.6. The first-order chi connectivity index (χ1) is 30.6. The van der Waals surface area contributed by atoms with E-state index in [-0.39, 0.29) is 32.2 Å². The van der Waals surface area contributed by atoms with Gasteiger partial charge in [-0.3, -0.25) is 28.7 Å². The first kappa shape index (κ1) is 46.3. The SMILES string of the molecule is C[C@@H]([C@H](NC(=O)[C@H](Cc1ccccc1)NC(=O)N[C@@H](Cc1c[nH]c2ccccc12)C(=O)O)C(=O)NCC1C[C@@H](O)[C@H](n2ccc(=O)[nH]c2=O)O1)N(C)C(=O)[C@@H](N)Cc1ccc(F)cc1. The van der Waals surface area contributed by atoms with E-state index in [1.807, 2.05) is 18.2 Å². The Hall–Kier alpha value is -7.16. The summed E-state index contributed by atoms with van der Waals surface area (Å²) in [5.74, 6) is -4.08. The minimum Gasteiger partial charge on any atom is -0.480 e. The van der Waals surface area contributed by atoms with Gasteiger partial charge < -0.3 is 51.8 Å². The molecule has 3 aromatic carbocycles. The van der Waals surface area contributed by atoms with Crippen LogP contribution in [0.3, 0.4) is 0 Å². The van der Waals surface area contributed by atoms with E-state index in [2.05, 4.69) is 31.2 Å². The number of halogens is 1. The van der Waals surface area contributed by atoms with Crippen molar-refractivity contribution in [1.29, 1.82) is 0 Å². The number of rotatable bonds is 18. The lowest BCUT2D eigenvalue weighted by Gasteiger charge is -2.34. The van der Waals surface area contributed by atoms with Crippen molar-refractivity contribution in [2.45, 2.75) is 81.3 Å². The number of urea groups is 1. The van der Waals surface area contributed by atoms with E-state index in [1.54, 1.807) is 42.6 Å². The van der Waals surface area contributed by atoms with Crippen molar-refractivity contribution in [3.8, 4) is 0 Å². The third kappa shape index (κ3) is 11.6. The topological polar surface area (TPSA) is 283 Å². The standard InChI is InChI=1S/C44H50FN9O10/c1-24(53(2)40(59)31(46)18-26-12-14-28(45)15-13-26)37(39(58)48-23-29-21-35(55)41(64-29)54-17-16-36(56)51-44(54)63)52-38(57)33(19-25-8-4-3-5-9-25)49-43(62)50-34(42(60)61)20-27-22-47-32-11-7-6-10-30(27)32/h3-17,22,24,29,31,33-35,37,41,47,55H,18-21,23,46H2,1-2H3,(H,48,58)(H,52,57)(H,60,61)(H2,49,50,62)(H,51,56,63)/t24-,29?,31-,33-,34-,35+,37-,41+/m0/s1. The Morgan fingerprint density at radius 2 is 1.56 bits per heavy atom. The fraction of sp³-hybridized carbons (Fsp3) is 0.341. The number of hydrogen-bond donors (Lipinski definition) is 9. The van der Waals surface area contributed by atoms with Gasteiger partial charge in [0.1, 0.15) is 30.0 Å². The van der Waals surface area contributed by atoms with Gasteiger partial charge in [-0.25, -0.2) is 18.8 Å². The maximum atomic E-state index is 14.4. The summed E-state index contributed by atoms with van der Waals surface area (Å²) in [6.07, 6.45) is -0.608. The van der Waals surface area contributed by atoms with E-state index >= 15 is 0 Å². The van der Waals surface area contributed by atoms with Gasteiger partial charge in [0.05, 0.1) is 18.2 Å². The highest BCUT2D eigenvalue weighted by Gasteiger charge is 2.39. The Morgan fingerprint density at radius 3 is 2.27 bits per heavy atom. The van der Waals surface area contributed by atoms with Gasteiger partial charge in [0.2, 0.25) is 17.7 Å². The first-order valence-electron chi connectivity index (χ1n) is 20.5. The summed E-state index contributed by atoms with van der Waals surface area (Å²) in [5, 5.41) is 32.0. The smallest absolute Gasteiger partial charge is 0.330 e. The molecule has 1 aliphatic heterocycles. The van der Waals surface area contributed by atoms with Crippen LogP contribution in [0.5, 0.6) is 0 Å². The second kappa shape index (κ2) is 20.8. The largest absolute Gasteiger partial charge is 0.480 e. The average Bonchev–Trinajstić information content (AvgIpc) is 3.86. The van der Waals surface area contributed by atoms with Crippen LogP contribution < -0.4 is 38.2 Å². The third-order valence-electron chi connectivity index (χ3n) is 11.1. The van der Waals surface area contributed by atoms with Crippen LogP contribution in [0.15, 0.2) is 107 Å². The van der Waals surface area contributed by atoms with Crippen molar-refractivity contribution in [3.63, 3.8) is 0 Å². The fourth-order valence-corrected chi connectivity index (χ4v) is 7.51. The van der Waals surface area contributed by atoms with Gasteiger partial charge in [-0.1, -0.05) is 60.7 Å². The highest BCUT2D eigenvalue weighted by Crippen LogP contribution is 2.27. The summed E-state index contributed by atoms with van der Waals surface area (Å²) in [6, 6.07) is 14.9. The number of fused-ring (bicyclic) bond motifs is 1. The number of aromatic amines is 2. The molecule has 1 fully saturated rings. The number of hydrogen-bond acceptors (Lipinski definition) is 10. The molecule has 1 aliphatic rings. The number of aliphatic hydroxyl groups excluding tert-OH is 1. The molecule has 0 radical (unpaired) electrons. The summed E-state index contributed by atoms with van der Waals surface area (Å²) < 4.78 is 20.4. The number of carbonyl (C=O) groups excluding carboxylic acids is 4. The summed E-state index contributed by atoms with van der Waals surface area (Å²) in [4.78, 5) is 98.6. The molecule has 6 rings (SSSR count). The first-order valence-corrected chi connectivity index (χ1v) is 20.5. The molecule has 10 N–H and O–H groups in total. The molecular formula is C44H50FN9O10. The Balaban J connectivity index is 1.21. The number of benzene rings is 3. The summed E-state index contributed by atoms with van der Waals surface area (Å²) in [7, 11) is 1.39. The molecule has 8 atom stereocenters. The monoisotopic (exact) mass is 883 g/mol. The van der Waals surface area contributed by atoms with Gasteiger partial charge in [-0.15, -0.1) is 0 Å². The Labute approximate surface area is 365 Å². The number of likely N-dealkylation sites (N-methyl/N-ethyl adjacent to an activating group) is 1. The molecular weight excluding hydrogens is 834 g/mol. The van der Waals surface area contributed by atoms with E-state index in [1.165, 1.54) is 49.3 Å². The number of carbonyl (C=O) groups is 5. The average molecular weight is 884 g/mol. The number of carboxylic acids is 1. The highest BCUT2D eigenvalue weighted by molar-refractivity contribution is 5.94. The van der Waals surface area contributed by atoms with E-state index < -0.39 is 95.4 Å². The molecule has 0 bridgehead atoms. The van der Waals surface area contributed by atoms with Gasteiger partial charge >= 0.3 is 17.7 Å². The number of ether oxygens (including phenoxy) is 1. The molecule has 64 heavy (non-hydrogen) atoms. The maximum Gasteiger partial charge on any atom is 0.330 e. The number of aliphatic carboxylic acids is 1. The van der Waals surface area contributed by atoms with Gasteiger partial charge in [-0.2, -0.15) is 0 Å². The molecule has 5 aromatic rings. The Morgan fingerprint density at radius 1 is 0.891 bits per heavy atom. The van der Waals surface area contributed by atoms with Gasteiger partial charge in [-0.05, 0) is 48.2 Å². The zero-order valence-electron chi connectivity index (χ0n) is 34.9. The van der Waals surface area contributed by atoms with Crippen LogP contribution in [0.2, 0.25) is 0 Å². The molecule has 0 saturated carbocycles. The summed E-state index contributed by atoms with van der Waals surface area (Å²) >= 11 is 0. The zero-order valence-corrected chi connectivity index (χ0v) is 34.9. The van der Waals surface area contributed by atoms with Crippen LogP contribution in [0.4, 0.5) is 9.18 Å². The van der Waals surface area contributed by atoms with Gasteiger partial charge in [0.15, 0.2) is 6.23 Å². The lowest BCUT2D eigenvalue weighted by atomic mass is 10.0. The molecule has 338 valence electrons. The third-order valence-corrected chi connectivity index (χ3v) is 11.1. The predicted molar refractivity (Wildman–Crippen MR) is 230 cm³/mol. The van der Waals surface area contributed by atoms with E-state index in [0.717, 1.165) is 21.5 Å². The number of aliphatic hydroxyl groups is 1. The van der Waals surface area contributed by atoms with E-state index in [9.17, 15) is 48.2 Å². The van der Waals surface area contributed by atoms with Crippen molar-refractivity contribution in [1.82, 2.24) is 40.7 Å². The van der Waals surface area contributed by atoms with Crippen LogP contribution in [0, 0.1) is 5.82 Å². The van der Waals surface area contributed by atoms with Crippen LogP contribution >= 0.6 is 0 Å². The quantitative estimate of drug-likeness (QED) is 0.0582. The lowest BCUT2D eigenvalue weighted by molar-refractivity contribution is -0.139. The highest BCUT2D eigenvalue weighted by atomic mass is 19.1. The lowest BCUT2D eigenvalue weighted by Crippen LogP contribution is -2.63. The van der Waals surface area contributed by atoms with Crippen LogP contribution in [0.1, 0.15) is 36.3 Å². The second-order valence-corrected chi connectivity index (χ2v) is 15.6. The predicted octanol–water partition coefficient (Wildman–Crippen LogP) is 0.430. The van der Waals surface area contributed by atoms with Crippen LogP contribution in [-0.4, -0.2) is 115 Å². The Kier molecular flexibility index (Phi) is 15.1. The van der Waals surface area contributed by atoms with Crippen LogP contribution in [-0.2, 0) is 43.2 Å². The number of nitrogens with one attached hydrogen (secondary N) is 6. The fourth-order valence-electron chi connectivity index (χ4n) is 7.51. The minimum absolute atomic E-state index is 0.0239. The van der Waals surface area contributed by atoms with Crippen molar-refractivity contribution >= 4 is 40.6 Å². The molecule has 0 spiro atoms. The van der Waals surface area contributed by atoms with Crippen molar-refractivity contribution in [3.05, 3.63) is 141 Å². The van der Waals surface area contributed by atoms with Gasteiger partial charge in [0, 0.05) is 62.2 Å². The molecule has 0 aliphatic carbocycles. The molecule has 1 unspecified atom stereocenters. The number of nitrogens with zero attached hydrogens (tertiary/aromatic N) is 2. The Bertz CT molecular complexity index is 2570. The van der Waals surface area contributed by atoms with E-state index in [4.69, 9.17) is 10.5 Å². The van der Waals surface area contributed by atoms with Crippen LogP contribution in [0.25, 0.3) is 10.9 Å². The summed E-state index contributed by atoms with van der Waals surface area (Å²) in [5.41, 5.74) is 7.44. The molecule has 3 heterocycles. The van der Waals surface area contributed by atoms with Crippen molar-refractivity contribution in [2.75, 3.05) is 13.6 Å². The van der Waals surface area contributed by atoms with Gasteiger partial charge in [0.25, 0.3) is 5.56 Å². The van der Waals surface area contributed by atoms with Crippen molar-refractivity contribution < 1.29 is 43.3 Å². The number of aromatic nitrogens is 3. The number of amides is 5. The molecule has 19 nitrogen and oxygen atoms in total. The maximum absolute atomic E-state index is 14.4. The molecule has 1 saturated heterocycles.